The first kappa shape index (κ1) is 12.8. The van der Waals surface area contributed by atoms with Gasteiger partial charge in [0.25, 0.3) is 10.1 Å². The fourth-order valence-corrected chi connectivity index (χ4v) is 1.04. The van der Waals surface area contributed by atoms with Crippen LogP contribution in [-0.2, 0) is 19.0 Å². The number of methoxy groups -OCH3 is 1. The summed E-state index contributed by atoms with van der Waals surface area (Å²) in [5.74, 6) is 0. The van der Waals surface area contributed by atoms with Crippen molar-refractivity contribution in [2.24, 2.45) is 0 Å². The van der Waals surface area contributed by atoms with Crippen molar-refractivity contribution >= 4 is 10.1 Å². The van der Waals surface area contributed by atoms with Crippen LogP contribution in [0.25, 0.3) is 0 Å². The summed E-state index contributed by atoms with van der Waals surface area (Å²) in [6, 6.07) is 0. The molecule has 0 unspecified atom stereocenters. The molecule has 0 saturated carbocycles. The molecular formula is C7H17NO4S. The van der Waals surface area contributed by atoms with E-state index >= 15 is 0 Å². The van der Waals surface area contributed by atoms with E-state index in [0.29, 0.717) is 13.1 Å². The van der Waals surface area contributed by atoms with Crippen LogP contribution in [0.5, 0.6) is 0 Å². The zero-order valence-electron chi connectivity index (χ0n) is 8.24. The van der Waals surface area contributed by atoms with E-state index in [9.17, 15) is 8.42 Å². The molecule has 0 fully saturated rings. The van der Waals surface area contributed by atoms with Crippen molar-refractivity contribution in [2.75, 3.05) is 33.1 Å². The van der Waals surface area contributed by atoms with Gasteiger partial charge >= 0.3 is 0 Å². The minimum absolute atomic E-state index is 0.123. The largest absolute Gasteiger partial charge is 0.380 e. The van der Waals surface area contributed by atoms with E-state index in [2.05, 4.69) is 9.50 Å². The average Bonchev–Trinajstić information content (AvgIpc) is 2.01. The first-order chi connectivity index (χ1) is 5.95. The van der Waals surface area contributed by atoms with Crippen LogP contribution in [0.1, 0.15) is 6.92 Å². The smallest absolute Gasteiger partial charge is 0.264 e. The van der Waals surface area contributed by atoms with Gasteiger partial charge in [-0.15, -0.1) is 0 Å². The van der Waals surface area contributed by atoms with Crippen LogP contribution in [0.2, 0.25) is 0 Å². The summed E-state index contributed by atoms with van der Waals surface area (Å²) in [5, 5.41) is 2.99. The lowest BCUT2D eigenvalue weighted by molar-refractivity contribution is 0.116. The van der Waals surface area contributed by atoms with Crippen molar-refractivity contribution < 1.29 is 17.3 Å². The van der Waals surface area contributed by atoms with E-state index in [4.69, 9.17) is 4.74 Å². The number of ether oxygens (including phenoxy) is 1. The highest BCUT2D eigenvalue weighted by molar-refractivity contribution is 7.85. The van der Waals surface area contributed by atoms with Crippen LogP contribution in [0.15, 0.2) is 0 Å². The van der Waals surface area contributed by atoms with Gasteiger partial charge < -0.3 is 10.1 Å². The molecule has 6 heteroatoms. The quantitative estimate of drug-likeness (QED) is 0.458. The first-order valence-electron chi connectivity index (χ1n) is 4.03. The monoisotopic (exact) mass is 211 g/mol. The molecule has 0 aromatic heterocycles. The van der Waals surface area contributed by atoms with Gasteiger partial charge in [-0.2, -0.15) is 8.42 Å². The summed E-state index contributed by atoms with van der Waals surface area (Å²) in [7, 11) is -1.68. The molecule has 0 aromatic carbocycles. The molecule has 0 aromatic rings. The van der Waals surface area contributed by atoms with Gasteiger partial charge in [0.05, 0.1) is 19.0 Å². The molecule has 0 heterocycles. The maximum absolute atomic E-state index is 10.5. The van der Waals surface area contributed by atoms with Crippen molar-refractivity contribution in [1.29, 1.82) is 0 Å². The lowest BCUT2D eigenvalue weighted by atomic mass is 10.4. The molecule has 0 rings (SSSR count). The maximum Gasteiger partial charge on any atom is 0.264 e. The molecule has 0 saturated heterocycles. The third kappa shape index (κ3) is 9.75. The predicted molar refractivity (Wildman–Crippen MR) is 50.1 cm³/mol. The van der Waals surface area contributed by atoms with E-state index < -0.39 is 10.1 Å². The standard InChI is InChI=1S/C7H17NO4S/c1-7(11-2)6-8-4-5-12-13(3,9)10/h7-8H,4-6H2,1-3H3/t7-/m1/s1. The van der Waals surface area contributed by atoms with Gasteiger partial charge in [0, 0.05) is 20.2 Å². The highest BCUT2D eigenvalue weighted by Crippen LogP contribution is 1.86. The zero-order valence-corrected chi connectivity index (χ0v) is 9.06. The van der Waals surface area contributed by atoms with E-state index in [1.54, 1.807) is 7.11 Å². The Labute approximate surface area is 79.5 Å². The molecular weight excluding hydrogens is 194 g/mol. The van der Waals surface area contributed by atoms with Crippen molar-refractivity contribution in [3.05, 3.63) is 0 Å². The van der Waals surface area contributed by atoms with Crippen LogP contribution in [0, 0.1) is 0 Å². The van der Waals surface area contributed by atoms with Gasteiger partial charge in [-0.05, 0) is 6.92 Å². The third-order valence-corrected chi connectivity index (χ3v) is 2.01. The van der Waals surface area contributed by atoms with Crippen LogP contribution in [0.3, 0.4) is 0 Å². The Balaban J connectivity index is 3.27. The second-order valence-electron chi connectivity index (χ2n) is 2.78. The van der Waals surface area contributed by atoms with Crippen molar-refractivity contribution in [1.82, 2.24) is 5.32 Å². The lowest BCUT2D eigenvalue weighted by Crippen LogP contribution is -2.29. The summed E-state index contributed by atoms with van der Waals surface area (Å²) >= 11 is 0. The highest BCUT2D eigenvalue weighted by atomic mass is 32.2. The van der Waals surface area contributed by atoms with Gasteiger partial charge in [0.1, 0.15) is 0 Å². The Morgan fingerprint density at radius 2 is 2.08 bits per heavy atom. The van der Waals surface area contributed by atoms with Gasteiger partial charge in [0.2, 0.25) is 0 Å². The Bertz CT molecular complexity index is 215. The number of nitrogens with one attached hydrogen (secondary N) is 1. The van der Waals surface area contributed by atoms with Crippen LogP contribution < -0.4 is 5.32 Å². The minimum atomic E-state index is -3.30. The fourth-order valence-electron chi connectivity index (χ4n) is 0.654. The van der Waals surface area contributed by atoms with E-state index in [-0.39, 0.29) is 12.7 Å². The summed E-state index contributed by atoms with van der Waals surface area (Å²) < 4.78 is 30.5. The molecule has 0 bridgehead atoms. The van der Waals surface area contributed by atoms with Crippen molar-refractivity contribution in [3.63, 3.8) is 0 Å². The molecule has 5 nitrogen and oxygen atoms in total. The Kier molecular flexibility index (Phi) is 6.23. The minimum Gasteiger partial charge on any atom is -0.380 e. The molecule has 0 aliphatic rings. The van der Waals surface area contributed by atoms with E-state index in [0.717, 1.165) is 6.26 Å². The molecule has 0 aliphatic carbocycles. The normalized spacial score (nSPS) is 14.4. The van der Waals surface area contributed by atoms with Crippen LogP contribution >= 0.6 is 0 Å². The fraction of sp³-hybridized carbons (Fsp3) is 1.00. The average molecular weight is 211 g/mol. The Morgan fingerprint density at radius 3 is 2.54 bits per heavy atom. The zero-order chi connectivity index (χ0) is 10.3. The first-order valence-corrected chi connectivity index (χ1v) is 5.85. The summed E-state index contributed by atoms with van der Waals surface area (Å²) in [6.07, 6.45) is 1.16. The second-order valence-corrected chi connectivity index (χ2v) is 4.42. The Hall–Kier alpha value is -0.170. The molecule has 0 radical (unpaired) electrons. The predicted octanol–water partition coefficient (Wildman–Crippen LogP) is -0.413. The number of rotatable bonds is 7. The van der Waals surface area contributed by atoms with Crippen LogP contribution in [-0.4, -0.2) is 47.6 Å². The van der Waals surface area contributed by atoms with E-state index in [1.165, 1.54) is 0 Å². The number of hydrogen-bond donors (Lipinski definition) is 1. The second kappa shape index (κ2) is 6.31. The van der Waals surface area contributed by atoms with Crippen molar-refractivity contribution in [3.8, 4) is 0 Å². The van der Waals surface area contributed by atoms with Gasteiger partial charge in [0.15, 0.2) is 0 Å². The topological polar surface area (TPSA) is 64.6 Å². The van der Waals surface area contributed by atoms with Gasteiger partial charge in [-0.25, -0.2) is 0 Å². The molecule has 1 atom stereocenters. The highest BCUT2D eigenvalue weighted by Gasteiger charge is 2.01. The molecule has 13 heavy (non-hydrogen) atoms. The van der Waals surface area contributed by atoms with Gasteiger partial charge in [-0.3, -0.25) is 4.18 Å². The van der Waals surface area contributed by atoms with Crippen molar-refractivity contribution in [2.45, 2.75) is 13.0 Å². The molecule has 0 spiro atoms. The summed E-state index contributed by atoms with van der Waals surface area (Å²) in [4.78, 5) is 0. The Morgan fingerprint density at radius 1 is 1.46 bits per heavy atom. The van der Waals surface area contributed by atoms with Gasteiger partial charge in [-0.1, -0.05) is 0 Å². The van der Waals surface area contributed by atoms with Crippen LogP contribution in [0.4, 0.5) is 0 Å². The molecule has 0 aliphatic heterocycles. The summed E-state index contributed by atoms with van der Waals surface area (Å²) in [5.41, 5.74) is 0. The molecule has 1 N–H and O–H groups in total. The summed E-state index contributed by atoms with van der Waals surface area (Å²) in [6.45, 7) is 3.27. The third-order valence-electron chi connectivity index (χ3n) is 1.41. The molecule has 0 amide bonds. The number of hydrogen-bond acceptors (Lipinski definition) is 5. The van der Waals surface area contributed by atoms with E-state index in [1.807, 2.05) is 6.92 Å². The molecule has 80 valence electrons. The lowest BCUT2D eigenvalue weighted by Gasteiger charge is -2.09. The maximum atomic E-state index is 10.5. The SMILES string of the molecule is CO[C@H](C)CNCCOS(C)(=O)=O.